The molecular weight excluding hydrogens is 760 g/mol. The number of hydrogen-bond acceptors (Lipinski definition) is 19. The summed E-state index contributed by atoms with van der Waals surface area (Å²) in [6, 6.07) is 8.86. The van der Waals surface area contributed by atoms with Crippen LogP contribution in [0.2, 0.25) is 0 Å². The highest BCUT2D eigenvalue weighted by Gasteiger charge is 2.57. The average molecular weight is 813 g/mol. The fourth-order valence-corrected chi connectivity index (χ4v) is 6.08. The van der Waals surface area contributed by atoms with E-state index < -0.39 is 110 Å². The van der Waals surface area contributed by atoms with E-state index in [1.165, 1.54) is 7.11 Å². The molecule has 57 heavy (non-hydrogen) atoms. The van der Waals surface area contributed by atoms with Gasteiger partial charge in [-0.2, -0.15) is 0 Å². The SMILES string of the molecule is COC(=O)CCCCCO[C@H]1O[C@H](COC(C)=O)[C@@H](OC(C)=O)[C@H](OC(C)=O)[C@H]1O[C@H]1O[C@H](COC(C)=O)[C@@H](OC(C)=O)[C@H](OC(C)=O)[C@H]1OCc1ccccc1. The number of esters is 7. The minimum atomic E-state index is -1.62. The molecule has 1 aromatic rings. The van der Waals surface area contributed by atoms with Crippen LogP contribution in [0.5, 0.6) is 0 Å². The van der Waals surface area contributed by atoms with Gasteiger partial charge in [-0.05, 0) is 18.4 Å². The molecule has 0 spiro atoms. The lowest BCUT2D eigenvalue weighted by molar-refractivity contribution is -0.372. The number of unbranched alkanes of at least 4 members (excludes halogenated alkanes) is 2. The van der Waals surface area contributed by atoms with Crippen molar-refractivity contribution < 1.29 is 90.4 Å². The molecule has 2 heterocycles. The van der Waals surface area contributed by atoms with Crippen LogP contribution in [-0.2, 0) is 97.0 Å². The highest BCUT2D eigenvalue weighted by atomic mass is 16.8. The molecule has 2 aliphatic heterocycles. The molecule has 0 radical (unpaired) electrons. The van der Waals surface area contributed by atoms with E-state index in [2.05, 4.69) is 0 Å². The summed E-state index contributed by atoms with van der Waals surface area (Å²) in [5.41, 5.74) is 0.680. The van der Waals surface area contributed by atoms with Crippen LogP contribution in [0.3, 0.4) is 0 Å². The zero-order valence-electron chi connectivity index (χ0n) is 33.1. The van der Waals surface area contributed by atoms with Crippen LogP contribution in [0, 0.1) is 0 Å². The van der Waals surface area contributed by atoms with Crippen LogP contribution >= 0.6 is 0 Å². The Kier molecular flexibility index (Phi) is 19.3. The van der Waals surface area contributed by atoms with Crippen molar-refractivity contribution in [2.75, 3.05) is 26.9 Å². The molecule has 0 amide bonds. The van der Waals surface area contributed by atoms with Gasteiger partial charge >= 0.3 is 41.8 Å². The van der Waals surface area contributed by atoms with E-state index in [1.807, 2.05) is 0 Å². The molecular formula is C38H52O19. The molecule has 0 aliphatic carbocycles. The predicted octanol–water partition coefficient (Wildman–Crippen LogP) is 2.01. The molecule has 0 N–H and O–H groups in total. The number of benzene rings is 1. The number of rotatable bonds is 20. The fourth-order valence-electron chi connectivity index (χ4n) is 6.08. The van der Waals surface area contributed by atoms with E-state index in [1.54, 1.807) is 30.3 Å². The molecule has 0 unspecified atom stereocenters. The highest BCUT2D eigenvalue weighted by molar-refractivity contribution is 5.69. The van der Waals surface area contributed by atoms with Gasteiger partial charge < -0.3 is 56.8 Å². The van der Waals surface area contributed by atoms with Crippen molar-refractivity contribution >= 4 is 41.8 Å². The van der Waals surface area contributed by atoms with Gasteiger partial charge in [0.15, 0.2) is 43.1 Å². The second-order valence-electron chi connectivity index (χ2n) is 13.1. The molecule has 1 aromatic carbocycles. The molecule has 19 heteroatoms. The third-order valence-corrected chi connectivity index (χ3v) is 8.40. The topological polar surface area (TPSA) is 230 Å². The monoisotopic (exact) mass is 812 g/mol. The smallest absolute Gasteiger partial charge is 0.305 e. The lowest BCUT2D eigenvalue weighted by Crippen LogP contribution is -2.67. The van der Waals surface area contributed by atoms with E-state index in [0.717, 1.165) is 41.5 Å². The summed E-state index contributed by atoms with van der Waals surface area (Å²) in [7, 11) is 1.29. The fraction of sp³-hybridized carbons (Fsp3) is 0.658. The summed E-state index contributed by atoms with van der Waals surface area (Å²) in [5, 5.41) is 0. The van der Waals surface area contributed by atoms with E-state index in [9.17, 15) is 33.6 Å². The summed E-state index contributed by atoms with van der Waals surface area (Å²) < 4.78 is 69.3. The largest absolute Gasteiger partial charge is 0.469 e. The Balaban J connectivity index is 2.13. The maximum absolute atomic E-state index is 12.7. The van der Waals surface area contributed by atoms with Crippen molar-refractivity contribution in [3.8, 4) is 0 Å². The molecule has 3 rings (SSSR count). The second-order valence-corrected chi connectivity index (χ2v) is 13.1. The van der Waals surface area contributed by atoms with Crippen LogP contribution in [0.4, 0.5) is 0 Å². The molecule has 19 nitrogen and oxygen atoms in total. The van der Waals surface area contributed by atoms with Gasteiger partial charge in [0.2, 0.25) is 0 Å². The van der Waals surface area contributed by atoms with Crippen LogP contribution < -0.4 is 0 Å². The first-order valence-electron chi connectivity index (χ1n) is 18.4. The van der Waals surface area contributed by atoms with E-state index in [4.69, 9.17) is 56.8 Å². The molecule has 10 atom stereocenters. The van der Waals surface area contributed by atoms with Crippen LogP contribution in [0.25, 0.3) is 0 Å². The number of carbonyl (C=O) groups excluding carboxylic acids is 7. The van der Waals surface area contributed by atoms with Gasteiger partial charge in [-0.15, -0.1) is 0 Å². The van der Waals surface area contributed by atoms with Gasteiger partial charge in [0.25, 0.3) is 0 Å². The number of methoxy groups -OCH3 is 1. The van der Waals surface area contributed by atoms with Crippen molar-refractivity contribution in [3.05, 3.63) is 35.9 Å². The van der Waals surface area contributed by atoms with E-state index >= 15 is 0 Å². The van der Waals surface area contributed by atoms with Crippen LogP contribution in [-0.4, -0.2) is 130 Å². The van der Waals surface area contributed by atoms with Gasteiger partial charge in [0.1, 0.15) is 31.5 Å². The van der Waals surface area contributed by atoms with Crippen molar-refractivity contribution in [3.63, 3.8) is 0 Å². The lowest BCUT2D eigenvalue weighted by Gasteiger charge is -2.49. The van der Waals surface area contributed by atoms with E-state index in [-0.39, 0.29) is 25.6 Å². The van der Waals surface area contributed by atoms with Crippen molar-refractivity contribution in [2.24, 2.45) is 0 Å². The average Bonchev–Trinajstić information content (AvgIpc) is 3.13. The number of ether oxygens (including phenoxy) is 12. The first kappa shape index (κ1) is 46.7. The highest BCUT2D eigenvalue weighted by Crippen LogP contribution is 2.36. The van der Waals surface area contributed by atoms with E-state index in [0.29, 0.717) is 24.8 Å². The van der Waals surface area contributed by atoms with Crippen molar-refractivity contribution in [1.29, 1.82) is 0 Å². The Labute approximate surface area is 330 Å². The Morgan fingerprint density at radius 1 is 0.544 bits per heavy atom. The molecule has 0 aromatic heterocycles. The first-order chi connectivity index (χ1) is 27.1. The van der Waals surface area contributed by atoms with Crippen molar-refractivity contribution in [1.82, 2.24) is 0 Å². The normalized spacial score (nSPS) is 26.9. The molecule has 0 bridgehead atoms. The Morgan fingerprint density at radius 3 is 1.53 bits per heavy atom. The Morgan fingerprint density at radius 2 is 1.04 bits per heavy atom. The third-order valence-electron chi connectivity index (χ3n) is 8.40. The molecule has 0 saturated carbocycles. The van der Waals surface area contributed by atoms with Crippen LogP contribution in [0.1, 0.15) is 72.8 Å². The third kappa shape index (κ3) is 15.6. The molecule has 2 fully saturated rings. The first-order valence-corrected chi connectivity index (χ1v) is 18.4. The van der Waals surface area contributed by atoms with Gasteiger partial charge in [0, 0.05) is 54.6 Å². The minimum absolute atomic E-state index is 0.0101. The second kappa shape index (κ2) is 23.5. The number of carbonyl (C=O) groups is 7. The summed E-state index contributed by atoms with van der Waals surface area (Å²) >= 11 is 0. The quantitative estimate of drug-likeness (QED) is 0.104. The minimum Gasteiger partial charge on any atom is -0.469 e. The number of hydrogen-bond donors (Lipinski definition) is 0. The van der Waals surface area contributed by atoms with Crippen LogP contribution in [0.15, 0.2) is 30.3 Å². The predicted molar refractivity (Wildman–Crippen MR) is 189 cm³/mol. The molecule has 318 valence electrons. The van der Waals surface area contributed by atoms with Gasteiger partial charge in [0.05, 0.1) is 13.7 Å². The van der Waals surface area contributed by atoms with Crippen molar-refractivity contribution in [2.45, 2.75) is 135 Å². The maximum Gasteiger partial charge on any atom is 0.305 e. The Bertz CT molecular complexity index is 1500. The standard InChI is InChI=1S/C38H52O19/c1-21(39)48-19-28-32(52-24(4)42)34(54-26(6)44)36(37(55-28)47-17-13-9-12-16-30(45)46-7)57-38-35(50-18-27-14-10-8-11-15-27)33(53-25(5)43)31(51-23(3)41)29(56-38)20-49-22(2)40/h8,10-11,14-15,28-29,31-38H,9,12-13,16-20H2,1-7H3/t28-,29-,31-,32-,33+,34+,35-,36-,37+,38-/m1/s1. The molecule has 2 aliphatic rings. The zero-order valence-corrected chi connectivity index (χ0v) is 33.1. The lowest BCUT2D eigenvalue weighted by atomic mass is 9.96. The zero-order chi connectivity index (χ0) is 42.1. The maximum atomic E-state index is 12.7. The summed E-state index contributed by atoms with van der Waals surface area (Å²) in [4.78, 5) is 85.5. The van der Waals surface area contributed by atoms with Gasteiger partial charge in [-0.25, -0.2) is 0 Å². The Hall–Kier alpha value is -4.69. The summed E-state index contributed by atoms with van der Waals surface area (Å²) in [5.74, 6) is -4.99. The van der Waals surface area contributed by atoms with Gasteiger partial charge in [-0.1, -0.05) is 36.8 Å². The molecule has 2 saturated heterocycles. The summed E-state index contributed by atoms with van der Waals surface area (Å²) in [6.07, 6.45) is -12.8. The van der Waals surface area contributed by atoms with Gasteiger partial charge in [-0.3, -0.25) is 33.6 Å². The summed E-state index contributed by atoms with van der Waals surface area (Å²) in [6.45, 7) is 5.72.